The fourth-order valence-electron chi connectivity index (χ4n) is 1.86. The minimum Gasteiger partial charge on any atom is -0.497 e. The van der Waals surface area contributed by atoms with Crippen molar-refractivity contribution in [2.75, 3.05) is 25.6 Å². The van der Waals surface area contributed by atoms with Crippen LogP contribution in [0, 0.1) is 13.8 Å². The van der Waals surface area contributed by atoms with Gasteiger partial charge in [0.25, 0.3) is 0 Å². The van der Waals surface area contributed by atoms with E-state index in [2.05, 4.69) is 15.3 Å². The molecule has 1 heterocycles. The third-order valence-electron chi connectivity index (χ3n) is 3.00. The number of ether oxygens (including phenoxy) is 2. The van der Waals surface area contributed by atoms with Crippen molar-refractivity contribution in [2.45, 2.75) is 20.3 Å². The Labute approximate surface area is 125 Å². The van der Waals surface area contributed by atoms with Gasteiger partial charge < -0.3 is 14.8 Å². The molecular formula is C16H21N3O2. The van der Waals surface area contributed by atoms with Gasteiger partial charge in [-0.05, 0) is 32.4 Å². The van der Waals surface area contributed by atoms with Gasteiger partial charge in [-0.25, -0.2) is 4.98 Å². The predicted molar refractivity (Wildman–Crippen MR) is 83.1 cm³/mol. The Hall–Kier alpha value is -2.30. The molecule has 0 saturated carbocycles. The zero-order chi connectivity index (χ0) is 15.1. The third kappa shape index (κ3) is 4.63. The van der Waals surface area contributed by atoms with E-state index in [1.807, 2.05) is 38.1 Å². The van der Waals surface area contributed by atoms with E-state index in [0.29, 0.717) is 6.61 Å². The predicted octanol–water partition coefficient (Wildman–Crippen LogP) is 2.98. The highest BCUT2D eigenvalue weighted by atomic mass is 16.5. The summed E-state index contributed by atoms with van der Waals surface area (Å²) in [6.07, 6.45) is 2.65. The SMILES string of the molecule is COc1cccc(OCCCNc2nc(C)cnc2C)c1. The number of nitrogens with one attached hydrogen (secondary N) is 1. The van der Waals surface area contributed by atoms with Crippen molar-refractivity contribution < 1.29 is 9.47 Å². The summed E-state index contributed by atoms with van der Waals surface area (Å²) in [5.74, 6) is 2.47. The monoisotopic (exact) mass is 287 g/mol. The average molecular weight is 287 g/mol. The van der Waals surface area contributed by atoms with Gasteiger partial charge in [0, 0.05) is 18.8 Å². The molecule has 1 aromatic heterocycles. The van der Waals surface area contributed by atoms with Crippen molar-refractivity contribution in [2.24, 2.45) is 0 Å². The van der Waals surface area contributed by atoms with Crippen LogP contribution in [0.25, 0.3) is 0 Å². The topological polar surface area (TPSA) is 56.3 Å². The Morgan fingerprint density at radius 1 is 1.19 bits per heavy atom. The molecule has 0 aliphatic carbocycles. The Morgan fingerprint density at radius 2 is 2.00 bits per heavy atom. The lowest BCUT2D eigenvalue weighted by Crippen LogP contribution is -2.10. The van der Waals surface area contributed by atoms with E-state index < -0.39 is 0 Å². The molecule has 0 aliphatic heterocycles. The molecule has 0 spiro atoms. The number of benzene rings is 1. The average Bonchev–Trinajstić information content (AvgIpc) is 2.50. The van der Waals surface area contributed by atoms with E-state index >= 15 is 0 Å². The van der Waals surface area contributed by atoms with Crippen LogP contribution in [0.1, 0.15) is 17.8 Å². The highest BCUT2D eigenvalue weighted by Crippen LogP contribution is 2.18. The smallest absolute Gasteiger partial charge is 0.147 e. The normalized spacial score (nSPS) is 10.2. The molecule has 21 heavy (non-hydrogen) atoms. The minimum absolute atomic E-state index is 0.637. The van der Waals surface area contributed by atoms with Crippen LogP contribution < -0.4 is 14.8 Å². The van der Waals surface area contributed by atoms with Gasteiger partial charge in [-0.1, -0.05) is 6.07 Å². The van der Waals surface area contributed by atoms with Gasteiger partial charge >= 0.3 is 0 Å². The summed E-state index contributed by atoms with van der Waals surface area (Å²) in [5.41, 5.74) is 1.82. The van der Waals surface area contributed by atoms with E-state index in [1.165, 1.54) is 0 Å². The Morgan fingerprint density at radius 3 is 2.81 bits per heavy atom. The van der Waals surface area contributed by atoms with Gasteiger partial charge in [0.05, 0.1) is 25.1 Å². The highest BCUT2D eigenvalue weighted by molar-refractivity contribution is 5.39. The fraction of sp³-hybridized carbons (Fsp3) is 0.375. The third-order valence-corrected chi connectivity index (χ3v) is 3.00. The lowest BCUT2D eigenvalue weighted by molar-refractivity contribution is 0.312. The molecule has 5 heteroatoms. The first-order chi connectivity index (χ1) is 10.2. The van der Waals surface area contributed by atoms with E-state index in [1.54, 1.807) is 13.3 Å². The molecule has 1 N–H and O–H groups in total. The molecular weight excluding hydrogens is 266 g/mol. The van der Waals surface area contributed by atoms with Gasteiger partial charge in [0.15, 0.2) is 0 Å². The maximum absolute atomic E-state index is 5.68. The minimum atomic E-state index is 0.637. The molecule has 0 bridgehead atoms. The number of rotatable bonds is 7. The second kappa shape index (κ2) is 7.47. The van der Waals surface area contributed by atoms with Crippen LogP contribution >= 0.6 is 0 Å². The number of nitrogens with zero attached hydrogens (tertiary/aromatic N) is 2. The molecule has 0 amide bonds. The van der Waals surface area contributed by atoms with Crippen molar-refractivity contribution in [1.29, 1.82) is 0 Å². The van der Waals surface area contributed by atoms with Crippen LogP contribution in [0.5, 0.6) is 11.5 Å². The summed E-state index contributed by atoms with van der Waals surface area (Å²) in [7, 11) is 1.65. The van der Waals surface area contributed by atoms with Crippen LogP contribution in [-0.2, 0) is 0 Å². The molecule has 0 saturated heterocycles. The maximum Gasteiger partial charge on any atom is 0.147 e. The standard InChI is InChI=1S/C16H21N3O2/c1-12-11-18-13(2)16(19-12)17-8-5-9-21-15-7-4-6-14(10-15)20-3/h4,6-7,10-11H,5,8-9H2,1-3H3,(H,17,19). The maximum atomic E-state index is 5.68. The summed E-state index contributed by atoms with van der Waals surface area (Å²) >= 11 is 0. The van der Waals surface area contributed by atoms with Crippen molar-refractivity contribution in [1.82, 2.24) is 9.97 Å². The van der Waals surface area contributed by atoms with Crippen LogP contribution in [0.3, 0.4) is 0 Å². The summed E-state index contributed by atoms with van der Waals surface area (Å²) in [4.78, 5) is 8.69. The molecule has 0 fully saturated rings. The first-order valence-electron chi connectivity index (χ1n) is 7.00. The lowest BCUT2D eigenvalue weighted by Gasteiger charge is -2.10. The van der Waals surface area contributed by atoms with Gasteiger partial charge in [0.2, 0.25) is 0 Å². The molecule has 5 nitrogen and oxygen atoms in total. The fourth-order valence-corrected chi connectivity index (χ4v) is 1.86. The van der Waals surface area contributed by atoms with Crippen molar-refractivity contribution in [3.63, 3.8) is 0 Å². The van der Waals surface area contributed by atoms with Crippen LogP contribution in [-0.4, -0.2) is 30.2 Å². The summed E-state index contributed by atoms with van der Waals surface area (Å²) < 4.78 is 10.8. The van der Waals surface area contributed by atoms with Crippen molar-refractivity contribution >= 4 is 5.82 Å². The lowest BCUT2D eigenvalue weighted by atomic mass is 10.3. The van der Waals surface area contributed by atoms with Crippen LogP contribution in [0.4, 0.5) is 5.82 Å². The number of aryl methyl sites for hydroxylation is 2. The molecule has 0 aliphatic rings. The number of hydrogen-bond acceptors (Lipinski definition) is 5. The molecule has 0 radical (unpaired) electrons. The van der Waals surface area contributed by atoms with E-state index in [-0.39, 0.29) is 0 Å². The number of aromatic nitrogens is 2. The summed E-state index contributed by atoms with van der Waals surface area (Å²) in [6.45, 7) is 5.31. The second-order valence-electron chi connectivity index (χ2n) is 4.75. The van der Waals surface area contributed by atoms with Gasteiger partial charge in [-0.3, -0.25) is 4.98 Å². The first kappa shape index (κ1) is 15.1. The molecule has 2 rings (SSSR count). The van der Waals surface area contributed by atoms with E-state index in [9.17, 15) is 0 Å². The molecule has 1 aromatic carbocycles. The Kier molecular flexibility index (Phi) is 5.37. The molecule has 112 valence electrons. The van der Waals surface area contributed by atoms with Gasteiger partial charge in [-0.15, -0.1) is 0 Å². The largest absolute Gasteiger partial charge is 0.497 e. The van der Waals surface area contributed by atoms with Gasteiger partial charge in [-0.2, -0.15) is 0 Å². The zero-order valence-electron chi connectivity index (χ0n) is 12.7. The Balaban J connectivity index is 1.73. The molecule has 0 atom stereocenters. The number of hydrogen-bond donors (Lipinski definition) is 1. The quantitative estimate of drug-likeness (QED) is 0.793. The van der Waals surface area contributed by atoms with Crippen molar-refractivity contribution in [3.05, 3.63) is 41.9 Å². The highest BCUT2D eigenvalue weighted by Gasteiger charge is 2.01. The molecule has 2 aromatic rings. The second-order valence-corrected chi connectivity index (χ2v) is 4.75. The number of methoxy groups -OCH3 is 1. The Bertz CT molecular complexity index is 587. The summed E-state index contributed by atoms with van der Waals surface area (Å²) in [5, 5.41) is 3.28. The molecule has 0 unspecified atom stereocenters. The summed E-state index contributed by atoms with van der Waals surface area (Å²) in [6, 6.07) is 7.61. The van der Waals surface area contributed by atoms with Crippen LogP contribution in [0.15, 0.2) is 30.5 Å². The number of anilines is 1. The first-order valence-corrected chi connectivity index (χ1v) is 7.00. The zero-order valence-corrected chi connectivity index (χ0v) is 12.7. The van der Waals surface area contributed by atoms with E-state index in [4.69, 9.17) is 9.47 Å². The van der Waals surface area contributed by atoms with Crippen molar-refractivity contribution in [3.8, 4) is 11.5 Å². The van der Waals surface area contributed by atoms with Gasteiger partial charge in [0.1, 0.15) is 17.3 Å². The van der Waals surface area contributed by atoms with Crippen LogP contribution in [0.2, 0.25) is 0 Å². The van der Waals surface area contributed by atoms with E-state index in [0.717, 1.165) is 41.7 Å².